The molecule has 4 nitrogen and oxygen atoms in total. The molecule has 108 valence electrons. The van der Waals surface area contributed by atoms with Gasteiger partial charge in [-0.05, 0) is 49.1 Å². The van der Waals surface area contributed by atoms with Crippen LogP contribution in [0.2, 0.25) is 0 Å². The highest BCUT2D eigenvalue weighted by molar-refractivity contribution is 5.87. The van der Waals surface area contributed by atoms with Crippen LogP contribution in [0.25, 0.3) is 11.1 Å². The first-order chi connectivity index (χ1) is 10.1. The third kappa shape index (κ3) is 3.21. The number of amides is 1. The van der Waals surface area contributed by atoms with Gasteiger partial charge in [-0.25, -0.2) is 4.98 Å². The summed E-state index contributed by atoms with van der Waals surface area (Å²) in [4.78, 5) is 15.3. The number of hydrogen-bond donors (Lipinski definition) is 2. The minimum Gasteiger partial charge on any atom is -0.382 e. The van der Waals surface area contributed by atoms with Crippen LogP contribution < -0.4 is 10.6 Å². The highest BCUT2D eigenvalue weighted by Crippen LogP contribution is 2.32. The molecule has 3 rings (SSSR count). The van der Waals surface area contributed by atoms with E-state index in [0.29, 0.717) is 11.9 Å². The lowest BCUT2D eigenvalue weighted by Gasteiger charge is -2.13. The largest absolute Gasteiger partial charge is 0.382 e. The van der Waals surface area contributed by atoms with E-state index >= 15 is 0 Å². The summed E-state index contributed by atoms with van der Waals surface area (Å²) >= 11 is 0. The molecule has 1 aromatic heterocycles. The van der Waals surface area contributed by atoms with Gasteiger partial charge in [0.25, 0.3) is 0 Å². The van der Waals surface area contributed by atoms with Crippen molar-refractivity contribution in [2.24, 2.45) is 0 Å². The Bertz CT molecular complexity index is 660. The number of nitrogens with zero attached hydrogens (tertiary/aromatic N) is 1. The van der Waals surface area contributed by atoms with Crippen LogP contribution in [0.3, 0.4) is 0 Å². The lowest BCUT2D eigenvalue weighted by molar-refractivity contribution is -0.114. The maximum absolute atomic E-state index is 11.0. The normalized spacial score (nSPS) is 13.8. The van der Waals surface area contributed by atoms with Crippen molar-refractivity contribution in [3.05, 3.63) is 42.1 Å². The second-order valence-corrected chi connectivity index (χ2v) is 5.51. The molecule has 0 spiro atoms. The maximum atomic E-state index is 11.0. The number of rotatable bonds is 4. The van der Waals surface area contributed by atoms with Gasteiger partial charge >= 0.3 is 0 Å². The second-order valence-electron chi connectivity index (χ2n) is 5.51. The summed E-state index contributed by atoms with van der Waals surface area (Å²) in [5, 5.41) is 6.24. The molecule has 2 aromatic rings. The molecule has 1 aliphatic rings. The molecule has 21 heavy (non-hydrogen) atoms. The molecule has 0 unspecified atom stereocenters. The number of aromatic nitrogens is 1. The van der Waals surface area contributed by atoms with Crippen molar-refractivity contribution in [3.63, 3.8) is 0 Å². The van der Waals surface area contributed by atoms with Crippen LogP contribution in [0.4, 0.5) is 11.5 Å². The molecular formula is C17H19N3O. The van der Waals surface area contributed by atoms with Crippen molar-refractivity contribution in [1.82, 2.24) is 4.98 Å². The van der Waals surface area contributed by atoms with Crippen molar-refractivity contribution in [1.29, 1.82) is 0 Å². The summed E-state index contributed by atoms with van der Waals surface area (Å²) in [6.45, 7) is 3.61. The smallest absolute Gasteiger partial charge is 0.222 e. The van der Waals surface area contributed by atoms with E-state index in [1.807, 2.05) is 12.1 Å². The van der Waals surface area contributed by atoms with E-state index in [1.165, 1.54) is 36.6 Å². The predicted octanol–water partition coefficient (Wildman–Crippen LogP) is 3.59. The van der Waals surface area contributed by atoms with Gasteiger partial charge in [-0.1, -0.05) is 12.1 Å². The Morgan fingerprint density at radius 2 is 2.05 bits per heavy atom. The predicted molar refractivity (Wildman–Crippen MR) is 85.4 cm³/mol. The van der Waals surface area contributed by atoms with Crippen LogP contribution in [-0.2, 0) is 4.79 Å². The minimum absolute atomic E-state index is 0.109. The van der Waals surface area contributed by atoms with Crippen molar-refractivity contribution >= 4 is 17.4 Å². The maximum Gasteiger partial charge on any atom is 0.222 e. The van der Waals surface area contributed by atoms with Gasteiger partial charge in [-0.2, -0.15) is 0 Å². The quantitative estimate of drug-likeness (QED) is 0.900. The summed E-state index contributed by atoms with van der Waals surface area (Å²) in [7, 11) is 0. The fourth-order valence-electron chi connectivity index (χ4n) is 2.36. The van der Waals surface area contributed by atoms with Crippen molar-refractivity contribution < 1.29 is 4.79 Å². The van der Waals surface area contributed by atoms with Gasteiger partial charge in [0.05, 0.1) is 0 Å². The molecule has 1 heterocycles. The van der Waals surface area contributed by atoms with E-state index in [1.54, 1.807) is 6.20 Å². The van der Waals surface area contributed by atoms with E-state index in [4.69, 9.17) is 0 Å². The van der Waals surface area contributed by atoms with Crippen molar-refractivity contribution in [2.45, 2.75) is 32.7 Å². The molecule has 0 aliphatic heterocycles. The monoisotopic (exact) mass is 281 g/mol. The number of anilines is 2. The zero-order chi connectivity index (χ0) is 14.8. The van der Waals surface area contributed by atoms with Crippen LogP contribution in [0.15, 0.2) is 36.5 Å². The molecule has 1 amide bonds. The summed E-state index contributed by atoms with van der Waals surface area (Å²) in [6, 6.07) is 10.7. The molecule has 0 radical (unpaired) electrons. The Hall–Kier alpha value is -2.36. The Balaban J connectivity index is 1.87. The zero-order valence-electron chi connectivity index (χ0n) is 12.3. The Morgan fingerprint density at radius 1 is 1.24 bits per heavy atom. The van der Waals surface area contributed by atoms with E-state index in [9.17, 15) is 4.79 Å². The number of carbonyl (C=O) groups excluding carboxylic acids is 1. The number of nitrogens with one attached hydrogen (secondary N) is 2. The summed E-state index contributed by atoms with van der Waals surface area (Å²) in [5.41, 5.74) is 4.66. The fraction of sp³-hybridized carbons (Fsp3) is 0.294. The van der Waals surface area contributed by atoms with Crippen LogP contribution in [-0.4, -0.2) is 16.9 Å². The van der Waals surface area contributed by atoms with Crippen LogP contribution in [0.1, 0.15) is 25.3 Å². The summed E-state index contributed by atoms with van der Waals surface area (Å²) in [5.74, 6) is 0.471. The summed E-state index contributed by atoms with van der Waals surface area (Å²) < 4.78 is 0. The fourth-order valence-corrected chi connectivity index (χ4v) is 2.36. The SMILES string of the molecule is CC(=O)Nc1ccc(-c2cccc(NC3CC3)c2C)cn1. The number of carbonyl (C=O) groups is 1. The zero-order valence-corrected chi connectivity index (χ0v) is 12.3. The number of benzene rings is 1. The van der Waals surface area contributed by atoms with Gasteiger partial charge in [-0.15, -0.1) is 0 Å². The first kappa shape index (κ1) is 13.6. The Morgan fingerprint density at radius 3 is 2.67 bits per heavy atom. The van der Waals surface area contributed by atoms with Gasteiger partial charge < -0.3 is 10.6 Å². The molecule has 4 heteroatoms. The van der Waals surface area contributed by atoms with Gasteiger partial charge in [0.15, 0.2) is 0 Å². The molecule has 1 aliphatic carbocycles. The highest BCUT2D eigenvalue weighted by atomic mass is 16.1. The van der Waals surface area contributed by atoms with E-state index in [0.717, 1.165) is 5.56 Å². The molecule has 0 atom stereocenters. The standard InChI is InChI=1S/C17H19N3O/c1-11-15(4-3-5-16(11)20-14-7-8-14)13-6-9-17(18-10-13)19-12(2)21/h3-6,9-10,14,20H,7-8H2,1-2H3,(H,18,19,21). The van der Waals surface area contributed by atoms with Crippen LogP contribution in [0.5, 0.6) is 0 Å². The third-order valence-corrected chi connectivity index (χ3v) is 3.65. The average molecular weight is 281 g/mol. The van der Waals surface area contributed by atoms with E-state index in [2.05, 4.69) is 40.7 Å². The topological polar surface area (TPSA) is 54.0 Å². The van der Waals surface area contributed by atoms with Crippen molar-refractivity contribution in [2.75, 3.05) is 10.6 Å². The van der Waals surface area contributed by atoms with Gasteiger partial charge in [-0.3, -0.25) is 4.79 Å². The number of hydrogen-bond acceptors (Lipinski definition) is 3. The van der Waals surface area contributed by atoms with Crippen LogP contribution >= 0.6 is 0 Å². The second kappa shape index (κ2) is 5.56. The van der Waals surface area contributed by atoms with Gasteiger partial charge in [0, 0.05) is 30.4 Å². The molecule has 2 N–H and O–H groups in total. The molecular weight excluding hydrogens is 262 g/mol. The first-order valence-corrected chi connectivity index (χ1v) is 7.23. The third-order valence-electron chi connectivity index (χ3n) is 3.65. The molecule has 0 bridgehead atoms. The average Bonchev–Trinajstić information content (AvgIpc) is 3.26. The lowest BCUT2D eigenvalue weighted by atomic mass is 10.0. The molecule has 1 saturated carbocycles. The van der Waals surface area contributed by atoms with Crippen LogP contribution in [0, 0.1) is 6.92 Å². The Labute approximate surface area is 124 Å². The molecule has 1 aromatic carbocycles. The van der Waals surface area contributed by atoms with Gasteiger partial charge in [0.1, 0.15) is 5.82 Å². The first-order valence-electron chi connectivity index (χ1n) is 7.23. The molecule has 1 fully saturated rings. The minimum atomic E-state index is -0.109. The van der Waals surface area contributed by atoms with E-state index in [-0.39, 0.29) is 5.91 Å². The lowest BCUT2D eigenvalue weighted by Crippen LogP contribution is -2.07. The van der Waals surface area contributed by atoms with Crippen molar-refractivity contribution in [3.8, 4) is 11.1 Å². The Kier molecular flexibility index (Phi) is 3.60. The summed E-state index contributed by atoms with van der Waals surface area (Å²) in [6.07, 6.45) is 4.32. The number of pyridine rings is 1. The molecule has 0 saturated heterocycles. The highest BCUT2D eigenvalue weighted by Gasteiger charge is 2.21. The van der Waals surface area contributed by atoms with Gasteiger partial charge in [0.2, 0.25) is 5.91 Å². The van der Waals surface area contributed by atoms with E-state index < -0.39 is 0 Å².